The van der Waals surface area contributed by atoms with Crippen LogP contribution in [0.15, 0.2) is 41.3 Å². The molecule has 6 nitrogen and oxygen atoms in total. The van der Waals surface area contributed by atoms with Gasteiger partial charge < -0.3 is 10.1 Å². The highest BCUT2D eigenvalue weighted by Gasteiger charge is 2.30. The van der Waals surface area contributed by atoms with Crippen LogP contribution in [0.4, 0.5) is 5.69 Å². The quantitative estimate of drug-likeness (QED) is 0.732. The fourth-order valence-electron chi connectivity index (χ4n) is 2.75. The van der Waals surface area contributed by atoms with Crippen molar-refractivity contribution in [1.29, 1.82) is 0 Å². The van der Waals surface area contributed by atoms with Crippen LogP contribution in [0.5, 0.6) is 5.75 Å². The number of sulfonamides is 1. The van der Waals surface area contributed by atoms with Crippen molar-refractivity contribution in [2.75, 3.05) is 24.5 Å². The number of ether oxygens (including phenoxy) is 1. The summed E-state index contributed by atoms with van der Waals surface area (Å²) in [6, 6.07) is 10.3. The smallest absolute Gasteiger partial charge is 0.268 e. The zero-order valence-electron chi connectivity index (χ0n) is 17.1. The Labute approximate surface area is 167 Å². The van der Waals surface area contributed by atoms with Crippen molar-refractivity contribution in [3.8, 4) is 5.75 Å². The Hall–Kier alpha value is -2.54. The summed E-state index contributed by atoms with van der Waals surface area (Å²) >= 11 is 0. The highest BCUT2D eigenvalue weighted by atomic mass is 32.2. The number of carbonyl (C=O) groups excluding carboxylic acids is 1. The minimum atomic E-state index is -4.02. The van der Waals surface area contributed by atoms with Crippen molar-refractivity contribution in [2.24, 2.45) is 0 Å². The maximum atomic E-state index is 13.5. The topological polar surface area (TPSA) is 75.7 Å². The Morgan fingerprint density at radius 2 is 1.79 bits per heavy atom. The van der Waals surface area contributed by atoms with Crippen LogP contribution in [0, 0.1) is 20.8 Å². The first-order valence-corrected chi connectivity index (χ1v) is 10.7. The van der Waals surface area contributed by atoms with Crippen molar-refractivity contribution >= 4 is 21.6 Å². The first-order valence-electron chi connectivity index (χ1n) is 9.22. The number of hydrogen-bond donors (Lipinski definition) is 1. The molecule has 152 valence electrons. The summed E-state index contributed by atoms with van der Waals surface area (Å²) in [6.07, 6.45) is 0.772. The standard InChI is InChI=1S/C21H28N2O4S/c1-6-11-22-21(24)14-23(18-9-8-16(3)17(4)13-18)28(25,26)20-12-15(2)7-10-19(20)27-5/h7-10,12-13H,6,11,14H2,1-5H3,(H,22,24). The molecule has 0 aliphatic heterocycles. The van der Waals surface area contributed by atoms with Gasteiger partial charge in [-0.05, 0) is 68.1 Å². The fourth-order valence-corrected chi connectivity index (χ4v) is 4.41. The largest absolute Gasteiger partial charge is 0.495 e. The minimum Gasteiger partial charge on any atom is -0.495 e. The van der Waals surface area contributed by atoms with Crippen LogP contribution in [0.1, 0.15) is 30.0 Å². The van der Waals surface area contributed by atoms with Crippen molar-refractivity contribution < 1.29 is 17.9 Å². The maximum Gasteiger partial charge on any atom is 0.268 e. The minimum absolute atomic E-state index is 0.0384. The third kappa shape index (κ3) is 4.84. The van der Waals surface area contributed by atoms with Crippen LogP contribution in [0.25, 0.3) is 0 Å². The normalized spacial score (nSPS) is 11.2. The lowest BCUT2D eigenvalue weighted by Gasteiger charge is -2.25. The van der Waals surface area contributed by atoms with E-state index in [1.165, 1.54) is 7.11 Å². The van der Waals surface area contributed by atoms with Gasteiger partial charge >= 0.3 is 0 Å². The zero-order chi connectivity index (χ0) is 20.9. The molecule has 0 aromatic heterocycles. The molecule has 1 N–H and O–H groups in total. The molecule has 0 atom stereocenters. The van der Waals surface area contributed by atoms with Crippen LogP contribution in [-0.4, -0.2) is 34.5 Å². The van der Waals surface area contributed by atoms with Crippen molar-refractivity contribution in [3.63, 3.8) is 0 Å². The van der Waals surface area contributed by atoms with Crippen LogP contribution in [0.3, 0.4) is 0 Å². The summed E-state index contributed by atoms with van der Waals surface area (Å²) in [5.41, 5.74) is 3.22. The second-order valence-corrected chi connectivity index (χ2v) is 8.62. The lowest BCUT2D eigenvalue weighted by Crippen LogP contribution is -2.41. The van der Waals surface area contributed by atoms with Gasteiger partial charge in [-0.3, -0.25) is 9.10 Å². The Balaban J connectivity index is 2.58. The van der Waals surface area contributed by atoms with E-state index in [2.05, 4.69) is 5.32 Å². The Bertz CT molecular complexity index is 955. The zero-order valence-corrected chi connectivity index (χ0v) is 17.9. The molecule has 2 aromatic rings. The number of aryl methyl sites for hydroxylation is 3. The molecule has 0 aliphatic rings. The second kappa shape index (κ2) is 9.10. The van der Waals surface area contributed by atoms with E-state index in [0.29, 0.717) is 12.2 Å². The van der Waals surface area contributed by atoms with Crippen LogP contribution in [0.2, 0.25) is 0 Å². The third-order valence-corrected chi connectivity index (χ3v) is 6.32. The lowest BCUT2D eigenvalue weighted by atomic mass is 10.1. The van der Waals surface area contributed by atoms with Crippen molar-refractivity contribution in [1.82, 2.24) is 5.32 Å². The first-order chi connectivity index (χ1) is 13.2. The summed E-state index contributed by atoms with van der Waals surface area (Å²) < 4.78 is 33.5. The Morgan fingerprint density at radius 3 is 2.39 bits per heavy atom. The maximum absolute atomic E-state index is 13.5. The van der Waals surface area contributed by atoms with E-state index >= 15 is 0 Å². The first kappa shape index (κ1) is 21.8. The van der Waals surface area contributed by atoms with E-state index in [-0.39, 0.29) is 23.1 Å². The number of amides is 1. The fraction of sp³-hybridized carbons (Fsp3) is 0.381. The Morgan fingerprint density at radius 1 is 1.07 bits per heavy atom. The molecule has 0 saturated heterocycles. The predicted octanol–water partition coefficient (Wildman–Crippen LogP) is 3.34. The highest BCUT2D eigenvalue weighted by molar-refractivity contribution is 7.93. The number of benzene rings is 2. The lowest BCUT2D eigenvalue weighted by molar-refractivity contribution is -0.119. The van der Waals surface area contributed by atoms with Gasteiger partial charge in [0.15, 0.2) is 0 Å². The van der Waals surface area contributed by atoms with E-state index in [1.807, 2.05) is 33.8 Å². The molecule has 0 radical (unpaired) electrons. The van der Waals surface area contributed by atoms with Gasteiger partial charge in [0, 0.05) is 6.54 Å². The number of nitrogens with zero attached hydrogens (tertiary/aromatic N) is 1. The van der Waals surface area contributed by atoms with E-state index < -0.39 is 10.0 Å². The van der Waals surface area contributed by atoms with E-state index in [0.717, 1.165) is 27.4 Å². The molecule has 7 heteroatoms. The second-order valence-electron chi connectivity index (χ2n) is 6.78. The predicted molar refractivity (Wildman–Crippen MR) is 111 cm³/mol. The molecule has 0 aliphatic carbocycles. The van der Waals surface area contributed by atoms with Gasteiger partial charge in [0.05, 0.1) is 12.8 Å². The van der Waals surface area contributed by atoms with Gasteiger partial charge in [-0.1, -0.05) is 19.1 Å². The molecule has 2 aromatic carbocycles. The highest BCUT2D eigenvalue weighted by Crippen LogP contribution is 2.31. The summed E-state index contributed by atoms with van der Waals surface area (Å²) in [5, 5.41) is 2.75. The van der Waals surface area contributed by atoms with E-state index in [4.69, 9.17) is 4.74 Å². The van der Waals surface area contributed by atoms with Crippen LogP contribution >= 0.6 is 0 Å². The number of carbonyl (C=O) groups is 1. The SMILES string of the molecule is CCCNC(=O)CN(c1ccc(C)c(C)c1)S(=O)(=O)c1cc(C)ccc1OC. The van der Waals surface area contributed by atoms with Gasteiger partial charge in [0.25, 0.3) is 10.0 Å². The van der Waals surface area contributed by atoms with E-state index in [9.17, 15) is 13.2 Å². The molecular formula is C21H28N2O4S. The average Bonchev–Trinajstić information content (AvgIpc) is 2.66. The van der Waals surface area contributed by atoms with Gasteiger partial charge in [-0.25, -0.2) is 8.42 Å². The van der Waals surface area contributed by atoms with Crippen molar-refractivity contribution in [2.45, 2.75) is 39.0 Å². The van der Waals surface area contributed by atoms with Crippen LogP contribution < -0.4 is 14.4 Å². The molecule has 0 fully saturated rings. The van der Waals surface area contributed by atoms with Crippen LogP contribution in [-0.2, 0) is 14.8 Å². The number of nitrogens with one attached hydrogen (secondary N) is 1. The summed E-state index contributed by atoms with van der Waals surface area (Å²) in [6.45, 7) is 7.81. The number of hydrogen-bond acceptors (Lipinski definition) is 4. The van der Waals surface area contributed by atoms with Gasteiger partial charge in [-0.15, -0.1) is 0 Å². The van der Waals surface area contributed by atoms with E-state index in [1.54, 1.807) is 30.3 Å². The number of anilines is 1. The number of methoxy groups -OCH3 is 1. The van der Waals surface area contributed by atoms with Gasteiger partial charge in [-0.2, -0.15) is 0 Å². The molecule has 2 rings (SSSR count). The molecule has 0 bridgehead atoms. The van der Waals surface area contributed by atoms with Gasteiger partial charge in [0.1, 0.15) is 17.2 Å². The molecule has 1 amide bonds. The Kier molecular flexibility index (Phi) is 7.07. The molecule has 0 saturated carbocycles. The monoisotopic (exact) mass is 404 g/mol. The average molecular weight is 405 g/mol. The molecule has 0 spiro atoms. The van der Waals surface area contributed by atoms with Gasteiger partial charge in [0.2, 0.25) is 5.91 Å². The summed E-state index contributed by atoms with van der Waals surface area (Å²) in [4.78, 5) is 12.4. The summed E-state index contributed by atoms with van der Waals surface area (Å²) in [5.74, 6) is -0.108. The summed E-state index contributed by atoms with van der Waals surface area (Å²) in [7, 11) is -2.59. The number of rotatable bonds is 8. The molecule has 0 heterocycles. The molecule has 28 heavy (non-hydrogen) atoms. The molecule has 0 unspecified atom stereocenters. The van der Waals surface area contributed by atoms with Crippen molar-refractivity contribution in [3.05, 3.63) is 53.1 Å². The third-order valence-electron chi connectivity index (χ3n) is 4.53. The molecular weight excluding hydrogens is 376 g/mol.